The Morgan fingerprint density at radius 2 is 1.88 bits per heavy atom. The van der Waals surface area contributed by atoms with Crippen molar-refractivity contribution in [2.45, 2.75) is 39.0 Å². The van der Waals surface area contributed by atoms with Gasteiger partial charge in [0.25, 0.3) is 5.91 Å². The van der Waals surface area contributed by atoms with E-state index in [2.05, 4.69) is 16.7 Å². The van der Waals surface area contributed by atoms with E-state index in [0.717, 1.165) is 24.8 Å². The van der Waals surface area contributed by atoms with Gasteiger partial charge in [0, 0.05) is 6.54 Å². The molecule has 0 heterocycles. The number of allylic oxidation sites excluding steroid dienone is 1. The molecule has 0 unspecified atom stereocenters. The van der Waals surface area contributed by atoms with Crippen LogP contribution in [0.2, 0.25) is 0 Å². The van der Waals surface area contributed by atoms with Crippen LogP contribution in [0.3, 0.4) is 0 Å². The fraction of sp³-hybridized carbons (Fsp3) is 0.474. The Morgan fingerprint density at radius 1 is 1.08 bits per heavy atom. The van der Waals surface area contributed by atoms with E-state index >= 15 is 0 Å². The van der Waals surface area contributed by atoms with Crippen molar-refractivity contribution in [3.8, 4) is 5.75 Å². The lowest BCUT2D eigenvalue weighted by atomic mass is 9.97. The zero-order valence-corrected chi connectivity index (χ0v) is 14.3. The third-order valence-electron chi connectivity index (χ3n) is 3.99. The number of carbonyl (C=O) groups excluding carboxylic acids is 2. The molecular weight excluding hydrogens is 304 g/mol. The molecule has 1 aromatic carbocycles. The molecule has 5 heteroatoms. The number of aryl methyl sites for hydroxylation is 1. The Bertz CT molecular complexity index is 579. The summed E-state index contributed by atoms with van der Waals surface area (Å²) in [4.78, 5) is 23.4. The SMILES string of the molecule is Cc1ccc(OCC(=O)NCC(=O)NCCC2=CCCCC2)cc1. The summed E-state index contributed by atoms with van der Waals surface area (Å²) in [5, 5.41) is 5.39. The normalized spacial score (nSPS) is 13.8. The lowest BCUT2D eigenvalue weighted by Crippen LogP contribution is -2.39. The number of carbonyl (C=O) groups is 2. The van der Waals surface area contributed by atoms with E-state index in [-0.39, 0.29) is 25.0 Å². The molecule has 1 aliphatic rings. The lowest BCUT2D eigenvalue weighted by Gasteiger charge is -2.13. The summed E-state index contributed by atoms with van der Waals surface area (Å²) in [6, 6.07) is 7.47. The van der Waals surface area contributed by atoms with E-state index in [4.69, 9.17) is 4.74 Å². The van der Waals surface area contributed by atoms with Gasteiger partial charge in [0.2, 0.25) is 5.91 Å². The number of hydrogen-bond acceptors (Lipinski definition) is 3. The molecule has 5 nitrogen and oxygen atoms in total. The van der Waals surface area contributed by atoms with Crippen molar-refractivity contribution in [1.29, 1.82) is 0 Å². The monoisotopic (exact) mass is 330 g/mol. The third kappa shape index (κ3) is 6.86. The summed E-state index contributed by atoms with van der Waals surface area (Å²) < 4.78 is 5.36. The van der Waals surface area contributed by atoms with Gasteiger partial charge in [-0.3, -0.25) is 9.59 Å². The number of hydrogen-bond donors (Lipinski definition) is 2. The molecule has 0 atom stereocenters. The van der Waals surface area contributed by atoms with E-state index in [0.29, 0.717) is 12.3 Å². The maximum absolute atomic E-state index is 11.7. The number of rotatable bonds is 8. The van der Waals surface area contributed by atoms with E-state index in [1.807, 2.05) is 31.2 Å². The van der Waals surface area contributed by atoms with Gasteiger partial charge in [-0.15, -0.1) is 0 Å². The van der Waals surface area contributed by atoms with Crippen LogP contribution in [0.25, 0.3) is 0 Å². The molecule has 24 heavy (non-hydrogen) atoms. The Balaban J connectivity index is 1.56. The van der Waals surface area contributed by atoms with Crippen molar-refractivity contribution in [2.24, 2.45) is 0 Å². The van der Waals surface area contributed by atoms with Crippen LogP contribution in [0.4, 0.5) is 0 Å². The Morgan fingerprint density at radius 3 is 2.58 bits per heavy atom. The molecule has 2 rings (SSSR count). The fourth-order valence-electron chi connectivity index (χ4n) is 2.57. The van der Waals surface area contributed by atoms with Crippen LogP contribution in [0.1, 0.15) is 37.7 Å². The second-order valence-electron chi connectivity index (χ2n) is 6.09. The lowest BCUT2D eigenvalue weighted by molar-refractivity contribution is -0.127. The van der Waals surface area contributed by atoms with Crippen molar-refractivity contribution in [3.63, 3.8) is 0 Å². The van der Waals surface area contributed by atoms with E-state index in [9.17, 15) is 9.59 Å². The molecule has 130 valence electrons. The van der Waals surface area contributed by atoms with Gasteiger partial charge in [-0.1, -0.05) is 29.3 Å². The maximum atomic E-state index is 11.7. The van der Waals surface area contributed by atoms with Crippen molar-refractivity contribution in [2.75, 3.05) is 19.7 Å². The molecule has 0 bridgehead atoms. The third-order valence-corrected chi connectivity index (χ3v) is 3.99. The topological polar surface area (TPSA) is 67.4 Å². The van der Waals surface area contributed by atoms with Crippen molar-refractivity contribution in [3.05, 3.63) is 41.5 Å². The van der Waals surface area contributed by atoms with Crippen LogP contribution in [0, 0.1) is 6.92 Å². The molecule has 2 amide bonds. The highest BCUT2D eigenvalue weighted by molar-refractivity contribution is 5.85. The average Bonchev–Trinajstić information content (AvgIpc) is 2.60. The van der Waals surface area contributed by atoms with Gasteiger partial charge in [-0.05, 0) is 51.2 Å². The smallest absolute Gasteiger partial charge is 0.258 e. The molecule has 0 saturated carbocycles. The molecule has 0 fully saturated rings. The first-order chi connectivity index (χ1) is 11.6. The van der Waals surface area contributed by atoms with Crippen LogP contribution in [-0.2, 0) is 9.59 Å². The first-order valence-corrected chi connectivity index (χ1v) is 8.54. The summed E-state index contributed by atoms with van der Waals surface area (Å²) in [5.74, 6) is 0.164. The predicted molar refractivity (Wildman–Crippen MR) is 93.9 cm³/mol. The first kappa shape index (κ1) is 18.0. The quantitative estimate of drug-likeness (QED) is 0.720. The van der Waals surface area contributed by atoms with Gasteiger partial charge >= 0.3 is 0 Å². The maximum Gasteiger partial charge on any atom is 0.258 e. The second-order valence-corrected chi connectivity index (χ2v) is 6.09. The van der Waals surface area contributed by atoms with Crippen molar-refractivity contribution >= 4 is 11.8 Å². The molecule has 0 aromatic heterocycles. The summed E-state index contributed by atoms with van der Waals surface area (Å²) in [5.41, 5.74) is 2.56. The highest BCUT2D eigenvalue weighted by Crippen LogP contribution is 2.19. The predicted octanol–water partition coefficient (Wildman–Crippen LogP) is 2.50. The number of amides is 2. The molecule has 2 N–H and O–H groups in total. The molecule has 1 aliphatic carbocycles. The van der Waals surface area contributed by atoms with Crippen molar-refractivity contribution < 1.29 is 14.3 Å². The largest absolute Gasteiger partial charge is 0.484 e. The minimum absolute atomic E-state index is 0.0187. The van der Waals surface area contributed by atoms with Crippen LogP contribution < -0.4 is 15.4 Å². The van der Waals surface area contributed by atoms with E-state index < -0.39 is 0 Å². The summed E-state index contributed by atoms with van der Waals surface area (Å²) in [6.45, 7) is 2.50. The van der Waals surface area contributed by atoms with Gasteiger partial charge < -0.3 is 15.4 Å². The molecule has 0 aliphatic heterocycles. The van der Waals surface area contributed by atoms with Crippen LogP contribution >= 0.6 is 0 Å². The van der Waals surface area contributed by atoms with Crippen LogP contribution in [0.15, 0.2) is 35.9 Å². The van der Waals surface area contributed by atoms with Gasteiger partial charge in [0.05, 0.1) is 6.54 Å². The second kappa shape index (κ2) is 9.75. The Labute approximate surface area is 143 Å². The van der Waals surface area contributed by atoms with Crippen LogP contribution in [-0.4, -0.2) is 31.5 Å². The number of nitrogens with one attached hydrogen (secondary N) is 2. The summed E-state index contributed by atoms with van der Waals surface area (Å²) in [7, 11) is 0. The van der Waals surface area contributed by atoms with Crippen LogP contribution in [0.5, 0.6) is 5.75 Å². The van der Waals surface area contributed by atoms with E-state index in [1.54, 1.807) is 0 Å². The fourth-order valence-corrected chi connectivity index (χ4v) is 2.57. The molecule has 0 spiro atoms. The zero-order chi connectivity index (χ0) is 17.2. The highest BCUT2D eigenvalue weighted by Gasteiger charge is 2.07. The minimum atomic E-state index is -0.305. The van der Waals surface area contributed by atoms with Gasteiger partial charge in [0.15, 0.2) is 6.61 Å². The standard InChI is InChI=1S/C19H26N2O3/c1-15-7-9-17(10-8-15)24-14-19(23)21-13-18(22)20-12-11-16-5-3-2-4-6-16/h5,7-10H,2-4,6,11-14H2,1H3,(H,20,22)(H,21,23). The zero-order valence-electron chi connectivity index (χ0n) is 14.3. The summed E-state index contributed by atoms with van der Waals surface area (Å²) in [6.07, 6.45) is 7.99. The van der Waals surface area contributed by atoms with Gasteiger partial charge in [0.1, 0.15) is 5.75 Å². The average molecular weight is 330 g/mol. The number of ether oxygens (including phenoxy) is 1. The van der Waals surface area contributed by atoms with Gasteiger partial charge in [-0.25, -0.2) is 0 Å². The van der Waals surface area contributed by atoms with E-state index in [1.165, 1.54) is 18.4 Å². The molecule has 0 radical (unpaired) electrons. The molecular formula is C19H26N2O3. The van der Waals surface area contributed by atoms with Crippen molar-refractivity contribution in [1.82, 2.24) is 10.6 Å². The highest BCUT2D eigenvalue weighted by atomic mass is 16.5. The van der Waals surface area contributed by atoms with Gasteiger partial charge in [-0.2, -0.15) is 0 Å². The Hall–Kier alpha value is -2.30. The number of benzene rings is 1. The minimum Gasteiger partial charge on any atom is -0.484 e. The first-order valence-electron chi connectivity index (χ1n) is 8.54. The summed E-state index contributed by atoms with van der Waals surface area (Å²) >= 11 is 0. The Kier molecular flexibility index (Phi) is 7.33. The molecule has 1 aromatic rings. The molecule has 0 saturated heterocycles.